The lowest BCUT2D eigenvalue weighted by molar-refractivity contribution is 0.204. The van der Waals surface area contributed by atoms with E-state index < -0.39 is 10.0 Å². The summed E-state index contributed by atoms with van der Waals surface area (Å²) in [5, 5.41) is 0.999. The van der Waals surface area contributed by atoms with Gasteiger partial charge in [-0.05, 0) is 31.7 Å². The molecule has 0 N–H and O–H groups in total. The van der Waals surface area contributed by atoms with Crippen molar-refractivity contribution in [1.82, 2.24) is 18.8 Å². The normalized spacial score (nSPS) is 23.0. The number of sulfonamides is 1. The van der Waals surface area contributed by atoms with Crippen molar-refractivity contribution in [2.45, 2.75) is 46.1 Å². The second kappa shape index (κ2) is 6.80. The molecule has 0 aromatic carbocycles. The average molecular weight is 350 g/mol. The zero-order chi connectivity index (χ0) is 17.3. The molecule has 0 bridgehead atoms. The minimum atomic E-state index is -3.17. The van der Waals surface area contributed by atoms with Gasteiger partial charge >= 0.3 is 0 Å². The van der Waals surface area contributed by atoms with Crippen LogP contribution >= 0.6 is 0 Å². The Balaban J connectivity index is 1.90. The summed E-state index contributed by atoms with van der Waals surface area (Å²) in [5.74, 6) is 1.39. The van der Waals surface area contributed by atoms with E-state index in [2.05, 4.69) is 21.5 Å². The Kier molecular flexibility index (Phi) is 4.92. The van der Waals surface area contributed by atoms with Gasteiger partial charge in [0.1, 0.15) is 11.5 Å². The topological polar surface area (TPSA) is 68.1 Å². The van der Waals surface area contributed by atoms with E-state index in [0.29, 0.717) is 19.0 Å². The van der Waals surface area contributed by atoms with E-state index in [-0.39, 0.29) is 11.8 Å². The number of fused-ring (bicyclic) bond motifs is 1. The Hall–Kier alpha value is -1.47. The fraction of sp³-hybridized carbons (Fsp3) is 0.647. The molecule has 7 heteroatoms. The van der Waals surface area contributed by atoms with E-state index in [9.17, 15) is 8.42 Å². The lowest BCUT2D eigenvalue weighted by atomic mass is 9.94. The van der Waals surface area contributed by atoms with E-state index in [4.69, 9.17) is 0 Å². The molecule has 2 aromatic heterocycles. The zero-order valence-electron chi connectivity index (χ0n) is 14.6. The molecule has 0 radical (unpaired) electrons. The van der Waals surface area contributed by atoms with Crippen LogP contribution in [0.5, 0.6) is 0 Å². The maximum absolute atomic E-state index is 12.6. The number of hydrogen-bond donors (Lipinski definition) is 0. The fourth-order valence-corrected chi connectivity index (χ4v) is 5.06. The third-order valence-corrected chi connectivity index (χ3v) is 6.89. The molecule has 3 heterocycles. The van der Waals surface area contributed by atoms with Crippen molar-refractivity contribution in [1.29, 1.82) is 0 Å². The highest BCUT2D eigenvalue weighted by molar-refractivity contribution is 7.89. The predicted molar refractivity (Wildman–Crippen MR) is 95.4 cm³/mol. The van der Waals surface area contributed by atoms with E-state index in [1.165, 1.54) is 0 Å². The predicted octanol–water partition coefficient (Wildman–Crippen LogP) is 2.75. The van der Waals surface area contributed by atoms with Gasteiger partial charge in [0.05, 0.1) is 11.8 Å². The van der Waals surface area contributed by atoms with Gasteiger partial charge < -0.3 is 4.57 Å². The highest BCUT2D eigenvalue weighted by Crippen LogP contribution is 2.31. The summed E-state index contributed by atoms with van der Waals surface area (Å²) in [6.45, 7) is 7.24. The number of aryl methyl sites for hydroxylation is 1. The lowest BCUT2D eigenvalue weighted by Crippen LogP contribution is -2.44. The average Bonchev–Trinajstić information content (AvgIpc) is 2.96. The van der Waals surface area contributed by atoms with Gasteiger partial charge in [0.2, 0.25) is 10.0 Å². The molecular weight excluding hydrogens is 324 g/mol. The molecule has 0 aliphatic carbocycles. The lowest BCUT2D eigenvalue weighted by Gasteiger charge is -2.37. The molecule has 3 rings (SSSR count). The molecule has 1 aliphatic rings. The minimum absolute atomic E-state index is 0.113. The second-order valence-corrected chi connectivity index (χ2v) is 8.87. The number of hydrogen-bond acceptors (Lipinski definition) is 4. The maximum Gasteiger partial charge on any atom is 0.214 e. The Labute approximate surface area is 144 Å². The van der Waals surface area contributed by atoms with Gasteiger partial charge in [0.15, 0.2) is 0 Å². The van der Waals surface area contributed by atoms with E-state index in [1.807, 2.05) is 32.3 Å². The van der Waals surface area contributed by atoms with Gasteiger partial charge in [0.25, 0.3) is 0 Å². The molecule has 0 saturated carbocycles. The van der Waals surface area contributed by atoms with Crippen molar-refractivity contribution in [2.75, 3.05) is 18.8 Å². The van der Waals surface area contributed by atoms with E-state index in [0.717, 1.165) is 36.1 Å². The zero-order valence-corrected chi connectivity index (χ0v) is 15.5. The third-order valence-electron chi connectivity index (χ3n) is 4.96. The number of rotatable bonds is 5. The summed E-state index contributed by atoms with van der Waals surface area (Å²) in [5.41, 5.74) is 0.896. The van der Waals surface area contributed by atoms with Crippen molar-refractivity contribution < 1.29 is 8.42 Å². The van der Waals surface area contributed by atoms with Gasteiger partial charge in [-0.1, -0.05) is 20.3 Å². The van der Waals surface area contributed by atoms with Crippen LogP contribution in [0, 0.1) is 12.8 Å². The minimum Gasteiger partial charge on any atom is -0.328 e. The molecule has 24 heavy (non-hydrogen) atoms. The number of piperidine rings is 1. The summed E-state index contributed by atoms with van der Waals surface area (Å²) in [6, 6.07) is 2.12. The summed E-state index contributed by atoms with van der Waals surface area (Å²) in [7, 11) is -3.17. The van der Waals surface area contributed by atoms with Gasteiger partial charge in [-0.2, -0.15) is 4.31 Å². The van der Waals surface area contributed by atoms with Crippen LogP contribution in [0.4, 0.5) is 0 Å². The molecule has 1 aliphatic heterocycles. The Morgan fingerprint density at radius 3 is 2.92 bits per heavy atom. The summed E-state index contributed by atoms with van der Waals surface area (Å²) in [6.07, 6.45) is 6.34. The van der Waals surface area contributed by atoms with Crippen LogP contribution in [-0.2, 0) is 10.0 Å². The quantitative estimate of drug-likeness (QED) is 0.831. The molecule has 0 spiro atoms. The summed E-state index contributed by atoms with van der Waals surface area (Å²) < 4.78 is 29.0. The first-order chi connectivity index (χ1) is 11.4. The van der Waals surface area contributed by atoms with Crippen molar-refractivity contribution >= 4 is 21.1 Å². The molecule has 2 atom stereocenters. The Morgan fingerprint density at radius 1 is 1.38 bits per heavy atom. The first-order valence-corrected chi connectivity index (χ1v) is 10.3. The number of unbranched alkanes of at least 4 members (excludes halogenated alkanes) is 1. The van der Waals surface area contributed by atoms with Gasteiger partial charge in [0, 0.05) is 30.9 Å². The largest absolute Gasteiger partial charge is 0.328 e. The van der Waals surface area contributed by atoms with Crippen LogP contribution in [0.2, 0.25) is 0 Å². The molecule has 1 saturated heterocycles. The maximum atomic E-state index is 12.6. The Bertz CT molecular complexity index is 815. The van der Waals surface area contributed by atoms with Crippen LogP contribution in [-0.4, -0.2) is 46.1 Å². The standard InChI is InChI=1S/C17H26N4O2S/c1-4-5-10-24(22,23)20-8-6-13(2)16(12-20)21-9-7-15-11-18-14(3)19-17(15)21/h7,9,11,13,16H,4-6,8,10,12H2,1-3H3. The monoisotopic (exact) mass is 350 g/mol. The van der Waals surface area contributed by atoms with Gasteiger partial charge in [-0.25, -0.2) is 18.4 Å². The van der Waals surface area contributed by atoms with Crippen molar-refractivity contribution in [2.24, 2.45) is 5.92 Å². The first-order valence-electron chi connectivity index (χ1n) is 8.70. The SMILES string of the molecule is CCCCS(=O)(=O)N1CCC(C)C(n2ccc3cnc(C)nc32)C1. The van der Waals surface area contributed by atoms with Crippen molar-refractivity contribution in [3.05, 3.63) is 24.3 Å². The molecule has 2 unspecified atom stereocenters. The van der Waals surface area contributed by atoms with Crippen molar-refractivity contribution in [3.8, 4) is 0 Å². The molecule has 1 fully saturated rings. The van der Waals surface area contributed by atoms with E-state index in [1.54, 1.807) is 4.31 Å². The molecular formula is C17H26N4O2S. The fourth-order valence-electron chi connectivity index (χ4n) is 3.38. The molecule has 6 nitrogen and oxygen atoms in total. The highest BCUT2D eigenvalue weighted by Gasteiger charge is 2.33. The Morgan fingerprint density at radius 2 is 2.17 bits per heavy atom. The number of nitrogens with zero attached hydrogens (tertiary/aromatic N) is 4. The van der Waals surface area contributed by atoms with Crippen LogP contribution in [0.25, 0.3) is 11.0 Å². The van der Waals surface area contributed by atoms with Crippen LogP contribution < -0.4 is 0 Å². The van der Waals surface area contributed by atoms with E-state index >= 15 is 0 Å². The summed E-state index contributed by atoms with van der Waals surface area (Å²) >= 11 is 0. The summed E-state index contributed by atoms with van der Waals surface area (Å²) in [4.78, 5) is 8.81. The third kappa shape index (κ3) is 3.32. The van der Waals surface area contributed by atoms with Gasteiger partial charge in [-0.15, -0.1) is 0 Å². The van der Waals surface area contributed by atoms with Gasteiger partial charge in [-0.3, -0.25) is 0 Å². The first kappa shape index (κ1) is 17.4. The highest BCUT2D eigenvalue weighted by atomic mass is 32.2. The van der Waals surface area contributed by atoms with Crippen molar-refractivity contribution in [3.63, 3.8) is 0 Å². The van der Waals surface area contributed by atoms with Crippen LogP contribution in [0.15, 0.2) is 18.5 Å². The second-order valence-electron chi connectivity index (χ2n) is 6.78. The molecule has 0 amide bonds. The number of aromatic nitrogens is 3. The van der Waals surface area contributed by atoms with Crippen LogP contribution in [0.3, 0.4) is 0 Å². The van der Waals surface area contributed by atoms with Crippen LogP contribution in [0.1, 0.15) is 45.0 Å². The smallest absolute Gasteiger partial charge is 0.214 e. The molecule has 2 aromatic rings. The molecule has 132 valence electrons.